The molecule has 0 spiro atoms. The highest BCUT2D eigenvalue weighted by Crippen LogP contribution is 2.21. The van der Waals surface area contributed by atoms with Gasteiger partial charge in [-0.05, 0) is 54.9 Å². The van der Waals surface area contributed by atoms with E-state index < -0.39 is 23.6 Å². The maximum Gasteiger partial charge on any atom is 0.410 e. The fraction of sp³-hybridized carbons (Fsp3) is 0.533. The molecular weight excluding hydrogens is 357 g/mol. The molecule has 0 fully saturated rings. The second-order valence-corrected chi connectivity index (χ2v) is 6.76. The predicted octanol–water partition coefficient (Wildman–Crippen LogP) is 3.19. The van der Waals surface area contributed by atoms with Crippen LogP contribution in [0.15, 0.2) is 22.7 Å². The van der Waals surface area contributed by atoms with E-state index in [2.05, 4.69) is 15.9 Å². The van der Waals surface area contributed by atoms with E-state index >= 15 is 0 Å². The van der Waals surface area contributed by atoms with Gasteiger partial charge in [-0.15, -0.1) is 0 Å². The largest absolute Gasteiger partial charge is 0.491 e. The third kappa shape index (κ3) is 6.62. The summed E-state index contributed by atoms with van der Waals surface area (Å²) in [6.45, 7) is 5.35. The summed E-state index contributed by atoms with van der Waals surface area (Å²) in [6.07, 6.45) is -1.41. The summed E-state index contributed by atoms with van der Waals surface area (Å²) in [5.41, 5.74) is -0.590. The monoisotopic (exact) mass is 377 g/mol. The van der Waals surface area contributed by atoms with Crippen LogP contribution in [0.1, 0.15) is 20.8 Å². The molecule has 0 bridgehead atoms. The molecule has 0 unspecified atom stereocenters. The number of likely N-dealkylation sites (N-methyl/N-ethyl adjacent to an activating group) is 1. The molecular formula is C15H21BrFNO4. The molecule has 124 valence electrons. The van der Waals surface area contributed by atoms with Crippen LogP contribution in [0.5, 0.6) is 5.75 Å². The standard InChI is InChI=1S/C15H21BrFNO4/c1-15(2,3)22-14(20)18(4)8-10(19)9-21-11-5-6-13(17)12(16)7-11/h5-7,10,19H,8-9H2,1-4H3/t10-/m1/s1. The van der Waals surface area contributed by atoms with Crippen LogP contribution in [0.3, 0.4) is 0 Å². The average molecular weight is 378 g/mol. The number of benzene rings is 1. The summed E-state index contributed by atoms with van der Waals surface area (Å²) in [6, 6.07) is 4.20. The van der Waals surface area contributed by atoms with Crippen LogP contribution in [0.2, 0.25) is 0 Å². The second-order valence-electron chi connectivity index (χ2n) is 5.90. The van der Waals surface area contributed by atoms with Gasteiger partial charge in [-0.3, -0.25) is 0 Å². The molecule has 0 radical (unpaired) electrons. The number of halogens is 2. The lowest BCUT2D eigenvalue weighted by molar-refractivity contribution is 0.0154. The van der Waals surface area contributed by atoms with Crippen molar-refractivity contribution in [3.05, 3.63) is 28.5 Å². The minimum absolute atomic E-state index is 0.0226. The Bertz CT molecular complexity index is 519. The van der Waals surface area contributed by atoms with Gasteiger partial charge in [0.2, 0.25) is 0 Å². The van der Waals surface area contributed by atoms with Gasteiger partial charge in [0, 0.05) is 7.05 Å². The third-order valence-electron chi connectivity index (χ3n) is 2.52. The lowest BCUT2D eigenvalue weighted by Gasteiger charge is -2.26. The molecule has 1 amide bonds. The predicted molar refractivity (Wildman–Crippen MR) is 84.5 cm³/mol. The zero-order chi connectivity index (χ0) is 16.9. The summed E-state index contributed by atoms with van der Waals surface area (Å²) < 4.78 is 23.9. The van der Waals surface area contributed by atoms with Gasteiger partial charge >= 0.3 is 6.09 Å². The van der Waals surface area contributed by atoms with Gasteiger partial charge in [0.25, 0.3) is 0 Å². The molecule has 0 aliphatic carbocycles. The van der Waals surface area contributed by atoms with Crippen LogP contribution >= 0.6 is 15.9 Å². The molecule has 1 atom stereocenters. The van der Waals surface area contributed by atoms with E-state index in [1.165, 1.54) is 30.1 Å². The maximum absolute atomic E-state index is 13.1. The van der Waals surface area contributed by atoms with Crippen LogP contribution in [0.4, 0.5) is 9.18 Å². The van der Waals surface area contributed by atoms with Crippen molar-refractivity contribution in [2.45, 2.75) is 32.5 Å². The van der Waals surface area contributed by atoms with E-state index in [4.69, 9.17) is 9.47 Å². The quantitative estimate of drug-likeness (QED) is 0.855. The average Bonchev–Trinajstić information content (AvgIpc) is 2.38. The van der Waals surface area contributed by atoms with Gasteiger partial charge in [-0.2, -0.15) is 0 Å². The van der Waals surface area contributed by atoms with E-state index in [1.54, 1.807) is 20.8 Å². The first-order valence-corrected chi connectivity index (χ1v) is 7.58. The molecule has 22 heavy (non-hydrogen) atoms. The summed E-state index contributed by atoms with van der Waals surface area (Å²) in [5.74, 6) is 0.0322. The Balaban J connectivity index is 2.43. The van der Waals surface area contributed by atoms with E-state index in [9.17, 15) is 14.3 Å². The Hall–Kier alpha value is -1.34. The Morgan fingerprint density at radius 1 is 1.45 bits per heavy atom. The third-order valence-corrected chi connectivity index (χ3v) is 3.13. The fourth-order valence-corrected chi connectivity index (χ4v) is 1.90. The van der Waals surface area contributed by atoms with Gasteiger partial charge in [0.15, 0.2) is 0 Å². The zero-order valence-electron chi connectivity index (χ0n) is 13.1. The number of ether oxygens (including phenoxy) is 2. The van der Waals surface area contributed by atoms with Crippen molar-refractivity contribution in [3.8, 4) is 5.75 Å². The van der Waals surface area contributed by atoms with Crippen molar-refractivity contribution in [3.63, 3.8) is 0 Å². The lowest BCUT2D eigenvalue weighted by atomic mass is 10.2. The molecule has 1 aromatic rings. The van der Waals surface area contributed by atoms with E-state index in [0.717, 1.165) is 0 Å². The number of hydrogen-bond donors (Lipinski definition) is 1. The molecule has 1 N–H and O–H groups in total. The van der Waals surface area contributed by atoms with Crippen molar-refractivity contribution in [2.24, 2.45) is 0 Å². The summed E-state index contributed by atoms with van der Waals surface area (Å²) >= 11 is 3.05. The molecule has 0 aliphatic heterocycles. The molecule has 1 rings (SSSR count). The van der Waals surface area contributed by atoms with Gasteiger partial charge in [-0.25, -0.2) is 9.18 Å². The first-order valence-electron chi connectivity index (χ1n) is 6.78. The van der Waals surface area contributed by atoms with Crippen LogP contribution < -0.4 is 4.74 Å². The maximum atomic E-state index is 13.1. The van der Waals surface area contributed by atoms with Crippen molar-refractivity contribution >= 4 is 22.0 Å². The number of rotatable bonds is 5. The van der Waals surface area contributed by atoms with Gasteiger partial charge in [0.05, 0.1) is 11.0 Å². The van der Waals surface area contributed by atoms with Crippen LogP contribution in [-0.2, 0) is 4.74 Å². The smallest absolute Gasteiger partial charge is 0.410 e. The number of nitrogens with zero attached hydrogens (tertiary/aromatic N) is 1. The number of amides is 1. The normalized spacial score (nSPS) is 12.7. The van der Waals surface area contributed by atoms with Gasteiger partial charge in [-0.1, -0.05) is 0 Å². The molecule has 5 nitrogen and oxygen atoms in total. The lowest BCUT2D eigenvalue weighted by Crippen LogP contribution is -2.40. The van der Waals surface area contributed by atoms with Gasteiger partial charge < -0.3 is 19.5 Å². The van der Waals surface area contributed by atoms with E-state index in [1.807, 2.05) is 0 Å². The zero-order valence-corrected chi connectivity index (χ0v) is 14.7. The Morgan fingerprint density at radius 3 is 2.64 bits per heavy atom. The highest BCUT2D eigenvalue weighted by molar-refractivity contribution is 9.10. The molecule has 1 aromatic carbocycles. The second kappa shape index (κ2) is 7.78. The van der Waals surface area contributed by atoms with Gasteiger partial charge in [0.1, 0.15) is 29.9 Å². The summed E-state index contributed by atoms with van der Waals surface area (Å²) in [7, 11) is 1.53. The molecule has 0 aliphatic rings. The number of hydrogen-bond acceptors (Lipinski definition) is 4. The van der Waals surface area contributed by atoms with Crippen molar-refractivity contribution in [1.82, 2.24) is 4.90 Å². The Morgan fingerprint density at radius 2 is 2.09 bits per heavy atom. The molecule has 0 saturated carbocycles. The Labute approximate surface area is 138 Å². The summed E-state index contributed by atoms with van der Waals surface area (Å²) in [4.78, 5) is 13.0. The van der Waals surface area contributed by atoms with Crippen molar-refractivity contribution in [1.29, 1.82) is 0 Å². The number of carbonyl (C=O) groups excluding carboxylic acids is 1. The minimum Gasteiger partial charge on any atom is -0.491 e. The topological polar surface area (TPSA) is 59.0 Å². The number of aliphatic hydroxyl groups is 1. The number of carbonyl (C=O) groups is 1. The van der Waals surface area contributed by atoms with E-state index in [0.29, 0.717) is 5.75 Å². The highest BCUT2D eigenvalue weighted by Gasteiger charge is 2.21. The fourth-order valence-electron chi connectivity index (χ4n) is 1.54. The van der Waals surface area contributed by atoms with Crippen molar-refractivity contribution < 1.29 is 23.8 Å². The van der Waals surface area contributed by atoms with E-state index in [-0.39, 0.29) is 17.6 Å². The SMILES string of the molecule is CN(C[C@@H](O)COc1ccc(F)c(Br)c1)C(=O)OC(C)(C)C. The summed E-state index contributed by atoms with van der Waals surface area (Å²) in [5, 5.41) is 9.89. The van der Waals surface area contributed by atoms with Crippen LogP contribution in [0, 0.1) is 5.82 Å². The molecule has 0 aromatic heterocycles. The number of aliphatic hydroxyl groups excluding tert-OH is 1. The highest BCUT2D eigenvalue weighted by atomic mass is 79.9. The molecule has 0 heterocycles. The van der Waals surface area contributed by atoms with Crippen molar-refractivity contribution in [2.75, 3.05) is 20.2 Å². The van der Waals surface area contributed by atoms with Crippen LogP contribution in [-0.4, -0.2) is 48.0 Å². The van der Waals surface area contributed by atoms with Crippen LogP contribution in [0.25, 0.3) is 0 Å². The molecule has 0 saturated heterocycles. The Kier molecular flexibility index (Phi) is 6.62. The first-order chi connectivity index (χ1) is 10.1. The molecule has 7 heteroatoms. The minimum atomic E-state index is -0.888. The first kappa shape index (κ1) is 18.7.